The second-order valence-electron chi connectivity index (χ2n) is 6.61. The van der Waals surface area contributed by atoms with E-state index in [1.54, 1.807) is 24.5 Å². The number of nitrogens with zero attached hydrogens (tertiary/aromatic N) is 4. The summed E-state index contributed by atoms with van der Waals surface area (Å²) >= 11 is 0. The second kappa shape index (κ2) is 8.12. The van der Waals surface area contributed by atoms with Crippen LogP contribution in [0.15, 0.2) is 60.9 Å². The van der Waals surface area contributed by atoms with Gasteiger partial charge in [0.25, 0.3) is 0 Å². The molecule has 5 nitrogen and oxygen atoms in total. The Bertz CT molecular complexity index is 865. The molecule has 1 aliphatic rings. The van der Waals surface area contributed by atoms with Gasteiger partial charge in [-0.2, -0.15) is 0 Å². The molecular formula is C21H21FN4O. The Kier molecular flexibility index (Phi) is 5.23. The van der Waals surface area contributed by atoms with Gasteiger partial charge < -0.3 is 9.64 Å². The summed E-state index contributed by atoms with van der Waals surface area (Å²) in [6, 6.07) is 14.1. The van der Waals surface area contributed by atoms with Gasteiger partial charge in [0.05, 0.1) is 0 Å². The van der Waals surface area contributed by atoms with Gasteiger partial charge in [0.2, 0.25) is 5.88 Å². The summed E-state index contributed by atoms with van der Waals surface area (Å²) in [5, 5.41) is 0. The highest BCUT2D eigenvalue weighted by Gasteiger charge is 2.22. The van der Waals surface area contributed by atoms with E-state index in [2.05, 4.69) is 14.9 Å². The maximum atomic E-state index is 13.0. The first-order valence-corrected chi connectivity index (χ1v) is 9.15. The van der Waals surface area contributed by atoms with Crippen LogP contribution in [0.5, 0.6) is 5.88 Å². The molecule has 3 heterocycles. The number of pyridine rings is 1. The maximum Gasteiger partial charge on any atom is 0.213 e. The zero-order valence-electron chi connectivity index (χ0n) is 15.0. The van der Waals surface area contributed by atoms with E-state index in [0.717, 1.165) is 43.1 Å². The van der Waals surface area contributed by atoms with Crippen LogP contribution in [0.3, 0.4) is 0 Å². The topological polar surface area (TPSA) is 51.1 Å². The second-order valence-corrected chi connectivity index (χ2v) is 6.61. The Hall–Kier alpha value is -3.02. The molecule has 1 fully saturated rings. The van der Waals surface area contributed by atoms with Crippen molar-refractivity contribution in [1.29, 1.82) is 0 Å². The molecule has 0 radical (unpaired) electrons. The summed E-state index contributed by atoms with van der Waals surface area (Å²) in [7, 11) is 0. The van der Waals surface area contributed by atoms with E-state index in [4.69, 9.17) is 9.72 Å². The zero-order chi connectivity index (χ0) is 18.5. The summed E-state index contributed by atoms with van der Waals surface area (Å²) in [4.78, 5) is 15.5. The van der Waals surface area contributed by atoms with E-state index in [9.17, 15) is 4.39 Å². The van der Waals surface area contributed by atoms with Crippen molar-refractivity contribution in [2.75, 3.05) is 18.0 Å². The Balaban J connectivity index is 1.36. The van der Waals surface area contributed by atoms with Crippen LogP contribution in [0, 0.1) is 5.82 Å². The first kappa shape index (κ1) is 17.4. The van der Waals surface area contributed by atoms with Crippen molar-refractivity contribution < 1.29 is 9.13 Å². The van der Waals surface area contributed by atoms with E-state index in [1.165, 1.54) is 12.1 Å². The molecule has 3 aromatic rings. The third-order valence-electron chi connectivity index (χ3n) is 4.66. The number of hydrogen-bond acceptors (Lipinski definition) is 5. The number of anilines is 1. The van der Waals surface area contributed by atoms with Crippen LogP contribution in [0.4, 0.5) is 10.2 Å². The van der Waals surface area contributed by atoms with Gasteiger partial charge in [0.15, 0.2) is 0 Å². The SMILES string of the molecule is Fc1ccc(Cc2nccc(N3CCC(Oc4ccccn4)CC3)n2)cc1. The van der Waals surface area contributed by atoms with Gasteiger partial charge >= 0.3 is 0 Å². The summed E-state index contributed by atoms with van der Waals surface area (Å²) in [5.41, 5.74) is 0.996. The molecule has 0 N–H and O–H groups in total. The van der Waals surface area contributed by atoms with Crippen LogP contribution >= 0.6 is 0 Å². The molecule has 0 bridgehead atoms. The van der Waals surface area contributed by atoms with E-state index in [0.29, 0.717) is 12.3 Å². The van der Waals surface area contributed by atoms with E-state index >= 15 is 0 Å². The lowest BCUT2D eigenvalue weighted by molar-refractivity contribution is 0.164. The quantitative estimate of drug-likeness (QED) is 0.692. The fourth-order valence-electron chi connectivity index (χ4n) is 3.22. The van der Waals surface area contributed by atoms with Crippen LogP contribution < -0.4 is 9.64 Å². The maximum absolute atomic E-state index is 13.0. The van der Waals surface area contributed by atoms with Crippen LogP contribution in [0.2, 0.25) is 0 Å². The summed E-state index contributed by atoms with van der Waals surface area (Å²) < 4.78 is 19.0. The lowest BCUT2D eigenvalue weighted by Gasteiger charge is -2.32. The third kappa shape index (κ3) is 4.58. The summed E-state index contributed by atoms with van der Waals surface area (Å²) in [6.45, 7) is 1.76. The first-order chi connectivity index (χ1) is 13.3. The van der Waals surface area contributed by atoms with Crippen molar-refractivity contribution in [1.82, 2.24) is 15.0 Å². The van der Waals surface area contributed by atoms with Gasteiger partial charge in [-0.25, -0.2) is 19.3 Å². The van der Waals surface area contributed by atoms with Gasteiger partial charge in [0.1, 0.15) is 23.6 Å². The van der Waals surface area contributed by atoms with Gasteiger partial charge in [-0.05, 0) is 29.8 Å². The smallest absolute Gasteiger partial charge is 0.213 e. The number of hydrogen-bond donors (Lipinski definition) is 0. The molecule has 0 amide bonds. The Morgan fingerprint density at radius 3 is 2.52 bits per heavy atom. The summed E-state index contributed by atoms with van der Waals surface area (Å²) in [5.74, 6) is 2.12. The molecule has 4 rings (SSSR count). The molecule has 6 heteroatoms. The third-order valence-corrected chi connectivity index (χ3v) is 4.66. The monoisotopic (exact) mass is 364 g/mol. The van der Waals surface area contributed by atoms with E-state index in [-0.39, 0.29) is 11.9 Å². The van der Waals surface area contributed by atoms with Crippen molar-refractivity contribution in [3.8, 4) is 5.88 Å². The Morgan fingerprint density at radius 2 is 1.78 bits per heavy atom. The molecule has 1 aromatic carbocycles. The molecule has 0 atom stereocenters. The molecule has 1 aliphatic heterocycles. The van der Waals surface area contributed by atoms with Crippen LogP contribution in [-0.4, -0.2) is 34.1 Å². The number of benzene rings is 1. The molecule has 138 valence electrons. The molecule has 0 unspecified atom stereocenters. The standard InChI is InChI=1S/C21H21FN4O/c22-17-6-4-16(5-7-17)15-19-23-12-8-20(25-19)26-13-9-18(10-14-26)27-21-3-1-2-11-24-21/h1-8,11-12,18H,9-10,13-15H2. The predicted octanol–water partition coefficient (Wildman–Crippen LogP) is 3.65. The number of aromatic nitrogens is 3. The molecule has 0 spiro atoms. The van der Waals surface area contributed by atoms with E-state index in [1.807, 2.05) is 24.3 Å². The Morgan fingerprint density at radius 1 is 0.963 bits per heavy atom. The highest BCUT2D eigenvalue weighted by molar-refractivity contribution is 5.38. The highest BCUT2D eigenvalue weighted by atomic mass is 19.1. The molecule has 1 saturated heterocycles. The minimum Gasteiger partial charge on any atom is -0.474 e. The zero-order valence-corrected chi connectivity index (χ0v) is 15.0. The van der Waals surface area contributed by atoms with Crippen molar-refractivity contribution in [3.05, 3.63) is 78.1 Å². The highest BCUT2D eigenvalue weighted by Crippen LogP contribution is 2.21. The van der Waals surface area contributed by atoms with Gasteiger partial charge in [0, 0.05) is 50.8 Å². The lowest BCUT2D eigenvalue weighted by atomic mass is 10.1. The van der Waals surface area contributed by atoms with Crippen molar-refractivity contribution >= 4 is 5.82 Å². The van der Waals surface area contributed by atoms with Crippen LogP contribution in [0.25, 0.3) is 0 Å². The number of rotatable bonds is 5. The molecule has 2 aromatic heterocycles. The molecule has 0 aliphatic carbocycles. The molecule has 0 saturated carbocycles. The average molecular weight is 364 g/mol. The van der Waals surface area contributed by atoms with Gasteiger partial charge in [-0.15, -0.1) is 0 Å². The lowest BCUT2D eigenvalue weighted by Crippen LogP contribution is -2.38. The van der Waals surface area contributed by atoms with Gasteiger partial charge in [-0.1, -0.05) is 18.2 Å². The minimum atomic E-state index is -0.232. The van der Waals surface area contributed by atoms with Crippen molar-refractivity contribution in [3.63, 3.8) is 0 Å². The van der Waals surface area contributed by atoms with Gasteiger partial charge in [-0.3, -0.25) is 0 Å². The largest absolute Gasteiger partial charge is 0.474 e. The molecule has 27 heavy (non-hydrogen) atoms. The fourth-order valence-corrected chi connectivity index (χ4v) is 3.22. The molecular weight excluding hydrogens is 343 g/mol. The number of ether oxygens (including phenoxy) is 1. The average Bonchev–Trinajstić information content (AvgIpc) is 2.71. The minimum absolute atomic E-state index is 0.177. The van der Waals surface area contributed by atoms with E-state index < -0.39 is 0 Å². The summed E-state index contributed by atoms with van der Waals surface area (Å²) in [6.07, 6.45) is 6.15. The fraction of sp³-hybridized carbons (Fsp3) is 0.286. The van der Waals surface area contributed by atoms with Crippen molar-refractivity contribution in [2.24, 2.45) is 0 Å². The first-order valence-electron chi connectivity index (χ1n) is 9.15. The van der Waals surface area contributed by atoms with Crippen LogP contribution in [0.1, 0.15) is 24.2 Å². The predicted molar refractivity (Wildman–Crippen MR) is 101 cm³/mol. The number of halogens is 1. The van der Waals surface area contributed by atoms with Crippen LogP contribution in [-0.2, 0) is 6.42 Å². The number of piperidine rings is 1. The Labute approximate surface area is 157 Å². The normalized spacial score (nSPS) is 14.9. The van der Waals surface area contributed by atoms with Crippen molar-refractivity contribution in [2.45, 2.75) is 25.4 Å².